The van der Waals surface area contributed by atoms with Crippen molar-refractivity contribution in [2.75, 3.05) is 12.8 Å². The molecule has 0 N–H and O–H groups in total. The van der Waals surface area contributed by atoms with E-state index in [9.17, 15) is 4.79 Å². The highest BCUT2D eigenvalue weighted by Gasteiger charge is 2.30. The van der Waals surface area contributed by atoms with Crippen LogP contribution >= 0.6 is 35.7 Å². The van der Waals surface area contributed by atoms with Crippen molar-refractivity contribution in [3.63, 3.8) is 0 Å². The summed E-state index contributed by atoms with van der Waals surface area (Å²) in [7, 11) is 0. The van der Waals surface area contributed by atoms with Gasteiger partial charge in [-0.1, -0.05) is 43.0 Å². The van der Waals surface area contributed by atoms with Crippen LogP contribution in [-0.4, -0.2) is 27.9 Å². The SMILES string of the molecule is CCCN1C(=O)/C(=C/c2ccc(SC)cc2)SC1=S. The van der Waals surface area contributed by atoms with Crippen LogP contribution in [0, 0.1) is 0 Å². The van der Waals surface area contributed by atoms with Gasteiger partial charge in [0.1, 0.15) is 4.32 Å². The van der Waals surface area contributed by atoms with Crippen LogP contribution in [0.25, 0.3) is 6.08 Å². The predicted octanol–water partition coefficient (Wildman–Crippen LogP) is 4.02. The zero-order valence-electron chi connectivity index (χ0n) is 10.9. The molecule has 1 saturated heterocycles. The molecule has 0 atom stereocenters. The fraction of sp³-hybridized carbons (Fsp3) is 0.286. The Morgan fingerprint density at radius 1 is 1.37 bits per heavy atom. The maximum absolute atomic E-state index is 12.2. The highest BCUT2D eigenvalue weighted by atomic mass is 32.2. The smallest absolute Gasteiger partial charge is 0.266 e. The number of carbonyl (C=O) groups excluding carboxylic acids is 1. The first kappa shape index (κ1) is 14.6. The molecule has 2 nitrogen and oxygen atoms in total. The summed E-state index contributed by atoms with van der Waals surface area (Å²) in [4.78, 5) is 15.8. The molecule has 0 unspecified atom stereocenters. The van der Waals surface area contributed by atoms with Crippen molar-refractivity contribution in [3.05, 3.63) is 34.7 Å². The fourth-order valence-corrected chi connectivity index (χ4v) is 3.48. The Labute approximate surface area is 127 Å². The number of amides is 1. The third-order valence-electron chi connectivity index (χ3n) is 2.73. The van der Waals surface area contributed by atoms with Gasteiger partial charge in [-0.15, -0.1) is 11.8 Å². The summed E-state index contributed by atoms with van der Waals surface area (Å²) in [6.07, 6.45) is 4.88. The molecule has 0 aromatic heterocycles. The minimum absolute atomic E-state index is 0.0331. The molecule has 19 heavy (non-hydrogen) atoms. The molecule has 1 fully saturated rings. The number of hydrogen-bond acceptors (Lipinski definition) is 4. The molecule has 1 aromatic rings. The number of benzene rings is 1. The van der Waals surface area contributed by atoms with Crippen molar-refractivity contribution in [2.24, 2.45) is 0 Å². The van der Waals surface area contributed by atoms with Crippen LogP contribution in [0.15, 0.2) is 34.1 Å². The second-order valence-corrected chi connectivity index (χ2v) is 6.66. The Morgan fingerprint density at radius 3 is 2.63 bits per heavy atom. The molecule has 1 amide bonds. The molecule has 1 heterocycles. The molecular weight excluding hydrogens is 294 g/mol. The average molecular weight is 309 g/mol. The van der Waals surface area contributed by atoms with E-state index in [0.29, 0.717) is 10.9 Å². The van der Waals surface area contributed by atoms with Crippen LogP contribution in [0.5, 0.6) is 0 Å². The number of thiocarbonyl (C=S) groups is 1. The van der Waals surface area contributed by atoms with Gasteiger partial charge in [0.05, 0.1) is 4.91 Å². The van der Waals surface area contributed by atoms with Gasteiger partial charge in [0, 0.05) is 11.4 Å². The van der Waals surface area contributed by atoms with E-state index in [-0.39, 0.29) is 5.91 Å². The summed E-state index contributed by atoms with van der Waals surface area (Å²) >= 11 is 8.34. The van der Waals surface area contributed by atoms with Crippen LogP contribution in [0.4, 0.5) is 0 Å². The third-order valence-corrected chi connectivity index (χ3v) is 4.86. The van der Waals surface area contributed by atoms with Crippen LogP contribution in [-0.2, 0) is 4.79 Å². The van der Waals surface area contributed by atoms with Crippen molar-refractivity contribution in [1.29, 1.82) is 0 Å². The molecule has 0 saturated carbocycles. The molecule has 0 spiro atoms. The zero-order chi connectivity index (χ0) is 13.8. The molecule has 2 rings (SSSR count). The molecule has 0 bridgehead atoms. The van der Waals surface area contributed by atoms with Crippen LogP contribution < -0.4 is 0 Å². The lowest BCUT2D eigenvalue weighted by Crippen LogP contribution is -2.28. The van der Waals surface area contributed by atoms with E-state index in [0.717, 1.165) is 16.9 Å². The van der Waals surface area contributed by atoms with E-state index >= 15 is 0 Å². The Bertz CT molecular complexity index is 522. The van der Waals surface area contributed by atoms with Gasteiger partial charge in [0.15, 0.2) is 0 Å². The molecule has 0 radical (unpaired) electrons. The Balaban J connectivity index is 2.19. The maximum Gasteiger partial charge on any atom is 0.266 e. The molecule has 0 aliphatic carbocycles. The fourth-order valence-electron chi connectivity index (χ4n) is 1.77. The number of thioether (sulfide) groups is 2. The van der Waals surface area contributed by atoms with Gasteiger partial charge >= 0.3 is 0 Å². The van der Waals surface area contributed by atoms with Gasteiger partial charge < -0.3 is 0 Å². The summed E-state index contributed by atoms with van der Waals surface area (Å²) in [5, 5.41) is 0. The summed E-state index contributed by atoms with van der Waals surface area (Å²) in [6, 6.07) is 8.17. The quantitative estimate of drug-likeness (QED) is 0.475. The molecule has 1 aliphatic heterocycles. The second kappa shape index (κ2) is 6.59. The molecule has 5 heteroatoms. The Kier molecular flexibility index (Phi) is 5.07. The van der Waals surface area contributed by atoms with E-state index in [4.69, 9.17) is 12.2 Å². The highest BCUT2D eigenvalue weighted by molar-refractivity contribution is 8.26. The summed E-state index contributed by atoms with van der Waals surface area (Å²) in [5.41, 5.74) is 1.04. The molecule has 1 aromatic carbocycles. The van der Waals surface area contributed by atoms with E-state index in [1.807, 2.05) is 31.4 Å². The first-order valence-corrected chi connectivity index (χ1v) is 8.50. The minimum atomic E-state index is 0.0331. The number of carbonyl (C=O) groups is 1. The van der Waals surface area contributed by atoms with Gasteiger partial charge in [0.2, 0.25) is 0 Å². The topological polar surface area (TPSA) is 20.3 Å². The summed E-state index contributed by atoms with van der Waals surface area (Å²) in [6.45, 7) is 2.75. The third kappa shape index (κ3) is 3.41. The predicted molar refractivity (Wildman–Crippen MR) is 88.4 cm³/mol. The maximum atomic E-state index is 12.2. The van der Waals surface area contributed by atoms with Crippen molar-refractivity contribution < 1.29 is 4.79 Å². The van der Waals surface area contributed by atoms with Gasteiger partial charge in [-0.3, -0.25) is 9.69 Å². The largest absolute Gasteiger partial charge is 0.293 e. The van der Waals surface area contributed by atoms with Gasteiger partial charge in [0.25, 0.3) is 5.91 Å². The van der Waals surface area contributed by atoms with Crippen molar-refractivity contribution >= 4 is 52.0 Å². The number of nitrogens with zero attached hydrogens (tertiary/aromatic N) is 1. The summed E-state index contributed by atoms with van der Waals surface area (Å²) in [5.74, 6) is 0.0331. The van der Waals surface area contributed by atoms with E-state index in [1.54, 1.807) is 16.7 Å². The lowest BCUT2D eigenvalue weighted by Gasteiger charge is -2.11. The van der Waals surface area contributed by atoms with Crippen molar-refractivity contribution in [1.82, 2.24) is 4.90 Å². The first-order chi connectivity index (χ1) is 9.15. The second-order valence-electron chi connectivity index (χ2n) is 4.11. The van der Waals surface area contributed by atoms with E-state index in [1.165, 1.54) is 16.7 Å². The van der Waals surface area contributed by atoms with E-state index < -0.39 is 0 Å². The molecule has 1 aliphatic rings. The molecule has 100 valence electrons. The van der Waals surface area contributed by atoms with Gasteiger partial charge in [-0.05, 0) is 36.4 Å². The standard InChI is InChI=1S/C14H15NOS3/c1-3-8-15-13(16)12(19-14(15)17)9-10-4-6-11(18-2)7-5-10/h4-7,9H,3,8H2,1-2H3/b12-9-. The Hall–Kier alpha value is -0.780. The minimum Gasteiger partial charge on any atom is -0.293 e. The lowest BCUT2D eigenvalue weighted by atomic mass is 10.2. The van der Waals surface area contributed by atoms with Crippen LogP contribution in [0.1, 0.15) is 18.9 Å². The first-order valence-electron chi connectivity index (χ1n) is 6.05. The monoisotopic (exact) mass is 309 g/mol. The van der Waals surface area contributed by atoms with Gasteiger partial charge in [-0.25, -0.2) is 0 Å². The zero-order valence-corrected chi connectivity index (χ0v) is 13.3. The van der Waals surface area contributed by atoms with Gasteiger partial charge in [-0.2, -0.15) is 0 Å². The van der Waals surface area contributed by atoms with Crippen molar-refractivity contribution in [2.45, 2.75) is 18.2 Å². The van der Waals surface area contributed by atoms with Crippen LogP contribution in [0.3, 0.4) is 0 Å². The lowest BCUT2D eigenvalue weighted by molar-refractivity contribution is -0.122. The molecular formula is C14H15NOS3. The number of rotatable bonds is 4. The average Bonchev–Trinajstić information content (AvgIpc) is 2.68. The highest BCUT2D eigenvalue weighted by Crippen LogP contribution is 2.32. The van der Waals surface area contributed by atoms with Crippen molar-refractivity contribution in [3.8, 4) is 0 Å². The Morgan fingerprint density at radius 2 is 2.05 bits per heavy atom. The van der Waals surface area contributed by atoms with E-state index in [2.05, 4.69) is 12.1 Å². The van der Waals surface area contributed by atoms with Crippen LogP contribution in [0.2, 0.25) is 0 Å². The summed E-state index contributed by atoms with van der Waals surface area (Å²) < 4.78 is 0.666. The normalized spacial score (nSPS) is 17.6. The number of hydrogen-bond donors (Lipinski definition) is 0.